The van der Waals surface area contributed by atoms with Crippen molar-refractivity contribution in [3.8, 4) is 0 Å². The average Bonchev–Trinajstić information content (AvgIpc) is 3.20. The molecule has 0 radical (unpaired) electrons. The number of hydrogen-bond acceptors (Lipinski definition) is 2. The van der Waals surface area contributed by atoms with Gasteiger partial charge in [-0.15, -0.1) is 0 Å². The van der Waals surface area contributed by atoms with Gasteiger partial charge in [-0.3, -0.25) is 4.79 Å². The number of hydrogen-bond donors (Lipinski definition) is 1. The molecular weight excluding hydrogens is 224 g/mol. The normalized spacial score (nSPS) is 22.8. The second-order valence-corrected chi connectivity index (χ2v) is 6.11. The summed E-state index contributed by atoms with van der Waals surface area (Å²) in [6.45, 7) is 3.02. The molecule has 0 aromatic carbocycles. The molecule has 0 heterocycles. The lowest BCUT2D eigenvalue weighted by Crippen LogP contribution is -2.46. The molecule has 0 spiro atoms. The minimum atomic E-state index is -0.250. The van der Waals surface area contributed by atoms with Crippen molar-refractivity contribution in [2.24, 2.45) is 11.7 Å². The molecule has 1 unspecified atom stereocenters. The Balaban J connectivity index is 1.81. The quantitative estimate of drug-likeness (QED) is 0.790. The van der Waals surface area contributed by atoms with E-state index in [2.05, 4.69) is 6.92 Å². The summed E-state index contributed by atoms with van der Waals surface area (Å²) in [7, 11) is 0. The van der Waals surface area contributed by atoms with Crippen LogP contribution in [0.1, 0.15) is 64.7 Å². The zero-order valence-electron chi connectivity index (χ0n) is 11.7. The minimum absolute atomic E-state index is 0.213. The molecule has 0 bridgehead atoms. The van der Waals surface area contributed by atoms with E-state index in [9.17, 15) is 4.79 Å². The predicted molar refractivity (Wildman–Crippen MR) is 74.2 cm³/mol. The Labute approximate surface area is 111 Å². The van der Waals surface area contributed by atoms with E-state index in [1.54, 1.807) is 0 Å². The standard InChI is InChI=1S/C15H28N2O/c1-2-10-17(13-8-9-13)15(18)14(16)11-12-6-4-3-5-7-12/h12-14H,2-11,16H2,1H3. The van der Waals surface area contributed by atoms with Crippen LogP contribution in [0.15, 0.2) is 0 Å². The van der Waals surface area contributed by atoms with Gasteiger partial charge in [-0.25, -0.2) is 0 Å². The third kappa shape index (κ3) is 3.71. The van der Waals surface area contributed by atoms with E-state index in [-0.39, 0.29) is 11.9 Å². The zero-order chi connectivity index (χ0) is 13.0. The number of rotatable bonds is 6. The number of carbonyl (C=O) groups excluding carboxylic acids is 1. The summed E-state index contributed by atoms with van der Waals surface area (Å²) in [5, 5.41) is 0. The molecular formula is C15H28N2O. The first kappa shape index (κ1) is 13.9. The molecule has 0 aromatic rings. The van der Waals surface area contributed by atoms with Gasteiger partial charge in [0.1, 0.15) is 0 Å². The zero-order valence-corrected chi connectivity index (χ0v) is 11.7. The first-order chi connectivity index (χ1) is 8.72. The molecule has 0 saturated heterocycles. The van der Waals surface area contributed by atoms with Crippen LogP contribution in [-0.4, -0.2) is 29.4 Å². The first-order valence-electron chi connectivity index (χ1n) is 7.78. The third-order valence-electron chi connectivity index (χ3n) is 4.36. The number of amides is 1. The molecule has 18 heavy (non-hydrogen) atoms. The van der Waals surface area contributed by atoms with Gasteiger partial charge in [0, 0.05) is 12.6 Å². The van der Waals surface area contributed by atoms with Crippen LogP contribution in [0.2, 0.25) is 0 Å². The molecule has 2 fully saturated rings. The van der Waals surface area contributed by atoms with Crippen molar-refractivity contribution in [1.29, 1.82) is 0 Å². The van der Waals surface area contributed by atoms with Gasteiger partial charge < -0.3 is 10.6 Å². The van der Waals surface area contributed by atoms with Crippen molar-refractivity contribution in [1.82, 2.24) is 4.90 Å². The van der Waals surface area contributed by atoms with E-state index in [0.717, 1.165) is 19.4 Å². The molecule has 0 aliphatic heterocycles. The van der Waals surface area contributed by atoms with Gasteiger partial charge >= 0.3 is 0 Å². The Bertz CT molecular complexity index is 270. The van der Waals surface area contributed by atoms with E-state index in [4.69, 9.17) is 5.73 Å². The fourth-order valence-corrected chi connectivity index (χ4v) is 3.20. The summed E-state index contributed by atoms with van der Waals surface area (Å²) in [5.74, 6) is 0.908. The fraction of sp³-hybridized carbons (Fsp3) is 0.933. The molecule has 2 aliphatic rings. The van der Waals surface area contributed by atoms with Crippen LogP contribution < -0.4 is 5.73 Å². The molecule has 2 rings (SSSR count). The van der Waals surface area contributed by atoms with E-state index in [1.807, 2.05) is 4.90 Å². The van der Waals surface area contributed by atoms with Crippen LogP contribution in [0.4, 0.5) is 0 Å². The Morgan fingerprint density at radius 2 is 1.89 bits per heavy atom. The highest BCUT2D eigenvalue weighted by molar-refractivity contribution is 5.82. The topological polar surface area (TPSA) is 46.3 Å². The monoisotopic (exact) mass is 252 g/mol. The molecule has 1 atom stereocenters. The van der Waals surface area contributed by atoms with Crippen LogP contribution in [0.25, 0.3) is 0 Å². The molecule has 104 valence electrons. The molecule has 2 N–H and O–H groups in total. The van der Waals surface area contributed by atoms with Gasteiger partial charge in [-0.2, -0.15) is 0 Å². The van der Waals surface area contributed by atoms with Gasteiger partial charge in [0.05, 0.1) is 6.04 Å². The highest BCUT2D eigenvalue weighted by Gasteiger charge is 2.34. The van der Waals surface area contributed by atoms with Crippen molar-refractivity contribution < 1.29 is 4.79 Å². The lowest BCUT2D eigenvalue weighted by Gasteiger charge is -2.28. The largest absolute Gasteiger partial charge is 0.338 e. The van der Waals surface area contributed by atoms with Gasteiger partial charge in [0.15, 0.2) is 0 Å². The Morgan fingerprint density at radius 1 is 1.22 bits per heavy atom. The summed E-state index contributed by atoms with van der Waals surface area (Å²) in [6.07, 6.45) is 10.9. The van der Waals surface area contributed by atoms with Gasteiger partial charge in [0.25, 0.3) is 0 Å². The number of carbonyl (C=O) groups is 1. The van der Waals surface area contributed by atoms with E-state index < -0.39 is 0 Å². The van der Waals surface area contributed by atoms with Gasteiger partial charge in [-0.05, 0) is 31.6 Å². The lowest BCUT2D eigenvalue weighted by molar-refractivity contribution is -0.133. The summed E-state index contributed by atoms with van der Waals surface area (Å²) in [4.78, 5) is 14.4. The molecule has 1 amide bonds. The van der Waals surface area contributed by atoms with Crippen LogP contribution in [0, 0.1) is 5.92 Å². The molecule has 2 aliphatic carbocycles. The van der Waals surface area contributed by atoms with E-state index in [1.165, 1.54) is 44.9 Å². The Morgan fingerprint density at radius 3 is 2.44 bits per heavy atom. The summed E-state index contributed by atoms with van der Waals surface area (Å²) in [5.41, 5.74) is 6.15. The molecule has 0 aromatic heterocycles. The van der Waals surface area contributed by atoms with Crippen molar-refractivity contribution >= 4 is 5.91 Å². The highest BCUT2D eigenvalue weighted by atomic mass is 16.2. The number of nitrogens with two attached hydrogens (primary N) is 1. The van der Waals surface area contributed by atoms with Crippen molar-refractivity contribution in [3.63, 3.8) is 0 Å². The summed E-state index contributed by atoms with van der Waals surface area (Å²) >= 11 is 0. The van der Waals surface area contributed by atoms with Gasteiger partial charge in [-0.1, -0.05) is 39.0 Å². The predicted octanol–water partition coefficient (Wildman–Crippen LogP) is 2.69. The third-order valence-corrected chi connectivity index (χ3v) is 4.36. The smallest absolute Gasteiger partial charge is 0.239 e. The van der Waals surface area contributed by atoms with Crippen molar-refractivity contribution in [3.05, 3.63) is 0 Å². The lowest BCUT2D eigenvalue weighted by atomic mass is 9.84. The number of nitrogens with zero attached hydrogens (tertiary/aromatic N) is 1. The van der Waals surface area contributed by atoms with Crippen LogP contribution >= 0.6 is 0 Å². The fourth-order valence-electron chi connectivity index (χ4n) is 3.20. The highest BCUT2D eigenvalue weighted by Crippen LogP contribution is 2.30. The molecule has 2 saturated carbocycles. The maximum Gasteiger partial charge on any atom is 0.239 e. The van der Waals surface area contributed by atoms with E-state index >= 15 is 0 Å². The molecule has 3 heteroatoms. The average molecular weight is 252 g/mol. The minimum Gasteiger partial charge on any atom is -0.338 e. The van der Waals surface area contributed by atoms with E-state index in [0.29, 0.717) is 12.0 Å². The van der Waals surface area contributed by atoms with Crippen molar-refractivity contribution in [2.75, 3.05) is 6.54 Å². The second-order valence-electron chi connectivity index (χ2n) is 6.11. The first-order valence-corrected chi connectivity index (χ1v) is 7.78. The second kappa shape index (κ2) is 6.55. The Kier molecular flexibility index (Phi) is 5.04. The Hall–Kier alpha value is -0.570. The summed E-state index contributed by atoms with van der Waals surface area (Å²) in [6, 6.07) is 0.259. The van der Waals surface area contributed by atoms with Crippen LogP contribution in [-0.2, 0) is 4.79 Å². The maximum absolute atomic E-state index is 12.4. The van der Waals surface area contributed by atoms with Crippen LogP contribution in [0.5, 0.6) is 0 Å². The summed E-state index contributed by atoms with van der Waals surface area (Å²) < 4.78 is 0. The van der Waals surface area contributed by atoms with Crippen molar-refractivity contribution in [2.45, 2.75) is 76.8 Å². The van der Waals surface area contributed by atoms with Crippen LogP contribution in [0.3, 0.4) is 0 Å². The molecule has 3 nitrogen and oxygen atoms in total. The SMILES string of the molecule is CCCN(C(=O)C(N)CC1CCCCC1)C1CC1. The van der Waals surface area contributed by atoms with Gasteiger partial charge in [0.2, 0.25) is 5.91 Å². The maximum atomic E-state index is 12.4.